The molecule has 0 bridgehead atoms. The van der Waals surface area contributed by atoms with E-state index in [4.69, 9.17) is 10.5 Å². The first kappa shape index (κ1) is 12.0. The summed E-state index contributed by atoms with van der Waals surface area (Å²) in [6.07, 6.45) is 7.71. The van der Waals surface area contributed by atoms with Crippen LogP contribution in [0.5, 0.6) is 0 Å². The van der Waals surface area contributed by atoms with E-state index < -0.39 is 0 Å². The van der Waals surface area contributed by atoms with Crippen molar-refractivity contribution in [2.24, 2.45) is 11.7 Å². The minimum Gasteiger partial charge on any atom is -0.378 e. The quantitative estimate of drug-likeness (QED) is 0.714. The average Bonchev–Trinajstić information content (AvgIpc) is 2.67. The molecule has 3 unspecified atom stereocenters. The van der Waals surface area contributed by atoms with Gasteiger partial charge in [-0.05, 0) is 38.0 Å². The molecule has 1 aliphatic rings. The van der Waals surface area contributed by atoms with Gasteiger partial charge in [0.05, 0.1) is 6.10 Å². The zero-order chi connectivity index (χ0) is 10.4. The second-order valence-corrected chi connectivity index (χ2v) is 4.72. The lowest BCUT2D eigenvalue weighted by atomic mass is 9.96. The molecule has 2 heteroatoms. The third kappa shape index (κ3) is 4.43. The van der Waals surface area contributed by atoms with Crippen LogP contribution in [0.25, 0.3) is 0 Å². The van der Waals surface area contributed by atoms with Crippen molar-refractivity contribution < 1.29 is 4.74 Å². The summed E-state index contributed by atoms with van der Waals surface area (Å²) in [6.45, 7) is 5.48. The fourth-order valence-electron chi connectivity index (χ4n) is 2.07. The van der Waals surface area contributed by atoms with Crippen LogP contribution in [0.2, 0.25) is 0 Å². The Balaban J connectivity index is 2.04. The minimum absolute atomic E-state index is 0.383. The molecule has 1 heterocycles. The molecule has 2 nitrogen and oxygen atoms in total. The van der Waals surface area contributed by atoms with Crippen molar-refractivity contribution >= 4 is 0 Å². The molecule has 0 saturated carbocycles. The molecule has 1 rings (SSSR count). The van der Waals surface area contributed by atoms with Crippen molar-refractivity contribution in [3.05, 3.63) is 0 Å². The molecule has 1 fully saturated rings. The number of hydrogen-bond donors (Lipinski definition) is 1. The van der Waals surface area contributed by atoms with Crippen molar-refractivity contribution in [2.75, 3.05) is 6.61 Å². The van der Waals surface area contributed by atoms with Crippen LogP contribution in [-0.2, 0) is 4.74 Å². The lowest BCUT2D eigenvalue weighted by Crippen LogP contribution is -2.24. The molecule has 0 spiro atoms. The molecule has 2 N–H and O–H groups in total. The lowest BCUT2D eigenvalue weighted by Gasteiger charge is -2.17. The highest BCUT2D eigenvalue weighted by atomic mass is 16.5. The van der Waals surface area contributed by atoms with Crippen LogP contribution in [0.15, 0.2) is 0 Å². The molecular weight excluding hydrogens is 174 g/mol. The Morgan fingerprint density at radius 3 is 2.86 bits per heavy atom. The number of nitrogens with two attached hydrogens (primary N) is 1. The summed E-state index contributed by atoms with van der Waals surface area (Å²) >= 11 is 0. The van der Waals surface area contributed by atoms with Crippen molar-refractivity contribution in [2.45, 2.75) is 64.5 Å². The average molecular weight is 199 g/mol. The lowest BCUT2D eigenvalue weighted by molar-refractivity contribution is 0.1000. The molecule has 84 valence electrons. The van der Waals surface area contributed by atoms with E-state index in [0.717, 1.165) is 25.4 Å². The van der Waals surface area contributed by atoms with Crippen LogP contribution in [0.4, 0.5) is 0 Å². The summed E-state index contributed by atoms with van der Waals surface area (Å²) in [6, 6.07) is 0.383. The Morgan fingerprint density at radius 2 is 2.29 bits per heavy atom. The molecule has 0 radical (unpaired) electrons. The van der Waals surface area contributed by atoms with Crippen LogP contribution < -0.4 is 5.73 Å². The van der Waals surface area contributed by atoms with Crippen LogP contribution in [-0.4, -0.2) is 18.8 Å². The Kier molecular flexibility index (Phi) is 5.49. The summed E-state index contributed by atoms with van der Waals surface area (Å²) in [4.78, 5) is 0. The van der Waals surface area contributed by atoms with Gasteiger partial charge in [0.15, 0.2) is 0 Å². The maximum atomic E-state index is 6.07. The summed E-state index contributed by atoms with van der Waals surface area (Å²) < 4.78 is 5.58. The molecule has 0 amide bonds. The van der Waals surface area contributed by atoms with E-state index in [1.54, 1.807) is 0 Å². The SMILES string of the molecule is CCC(C)CC(N)CCC1CCCO1. The second-order valence-electron chi connectivity index (χ2n) is 4.72. The summed E-state index contributed by atoms with van der Waals surface area (Å²) in [7, 11) is 0. The smallest absolute Gasteiger partial charge is 0.0576 e. The predicted octanol–water partition coefficient (Wildman–Crippen LogP) is 2.71. The topological polar surface area (TPSA) is 35.2 Å². The summed E-state index contributed by atoms with van der Waals surface area (Å²) in [5, 5.41) is 0. The monoisotopic (exact) mass is 199 g/mol. The van der Waals surface area contributed by atoms with Gasteiger partial charge < -0.3 is 10.5 Å². The third-order valence-corrected chi connectivity index (χ3v) is 3.29. The first-order valence-electron chi connectivity index (χ1n) is 6.09. The van der Waals surface area contributed by atoms with Gasteiger partial charge in [0.1, 0.15) is 0 Å². The molecule has 0 aromatic heterocycles. The van der Waals surface area contributed by atoms with Crippen molar-refractivity contribution in [3.63, 3.8) is 0 Å². The first-order valence-corrected chi connectivity index (χ1v) is 6.09. The van der Waals surface area contributed by atoms with Gasteiger partial charge in [0.2, 0.25) is 0 Å². The maximum Gasteiger partial charge on any atom is 0.0576 e. The van der Waals surface area contributed by atoms with Gasteiger partial charge >= 0.3 is 0 Å². The zero-order valence-corrected chi connectivity index (χ0v) is 9.67. The normalized spacial score (nSPS) is 26.4. The highest BCUT2D eigenvalue weighted by Crippen LogP contribution is 2.19. The van der Waals surface area contributed by atoms with Gasteiger partial charge in [0.25, 0.3) is 0 Å². The molecule has 3 atom stereocenters. The van der Waals surface area contributed by atoms with Gasteiger partial charge in [0, 0.05) is 12.6 Å². The summed E-state index contributed by atoms with van der Waals surface area (Å²) in [5.41, 5.74) is 6.07. The van der Waals surface area contributed by atoms with Gasteiger partial charge in [-0.1, -0.05) is 20.3 Å². The zero-order valence-electron chi connectivity index (χ0n) is 9.67. The molecule has 0 aliphatic carbocycles. The fraction of sp³-hybridized carbons (Fsp3) is 1.00. The van der Waals surface area contributed by atoms with Crippen LogP contribution in [0, 0.1) is 5.92 Å². The summed E-state index contributed by atoms with van der Waals surface area (Å²) in [5.74, 6) is 0.773. The number of ether oxygens (including phenoxy) is 1. The number of rotatable bonds is 6. The van der Waals surface area contributed by atoms with Crippen molar-refractivity contribution in [3.8, 4) is 0 Å². The second kappa shape index (κ2) is 6.41. The van der Waals surface area contributed by atoms with E-state index in [-0.39, 0.29) is 0 Å². The Bertz CT molecular complexity index is 143. The third-order valence-electron chi connectivity index (χ3n) is 3.29. The highest BCUT2D eigenvalue weighted by Gasteiger charge is 2.17. The van der Waals surface area contributed by atoms with Crippen LogP contribution in [0.1, 0.15) is 52.4 Å². The largest absolute Gasteiger partial charge is 0.378 e. The van der Waals surface area contributed by atoms with Crippen LogP contribution in [0.3, 0.4) is 0 Å². The van der Waals surface area contributed by atoms with Gasteiger partial charge in [-0.15, -0.1) is 0 Å². The van der Waals surface area contributed by atoms with Gasteiger partial charge in [-0.3, -0.25) is 0 Å². The molecule has 14 heavy (non-hydrogen) atoms. The highest BCUT2D eigenvalue weighted by molar-refractivity contribution is 4.70. The molecule has 1 aliphatic heterocycles. The number of hydrogen-bond acceptors (Lipinski definition) is 2. The molecule has 0 aromatic carbocycles. The molecule has 1 saturated heterocycles. The van der Waals surface area contributed by atoms with Gasteiger partial charge in [-0.25, -0.2) is 0 Å². The fourth-order valence-corrected chi connectivity index (χ4v) is 2.07. The van der Waals surface area contributed by atoms with E-state index in [9.17, 15) is 0 Å². The Labute approximate surface area is 88.2 Å². The maximum absolute atomic E-state index is 6.07. The van der Waals surface area contributed by atoms with E-state index in [2.05, 4.69) is 13.8 Å². The minimum atomic E-state index is 0.383. The predicted molar refractivity (Wildman–Crippen MR) is 60.3 cm³/mol. The standard InChI is InChI=1S/C12H25NO/c1-3-10(2)9-11(13)6-7-12-5-4-8-14-12/h10-12H,3-9,13H2,1-2H3. The van der Waals surface area contributed by atoms with E-state index >= 15 is 0 Å². The molecule has 0 aromatic rings. The first-order chi connectivity index (χ1) is 6.72. The van der Waals surface area contributed by atoms with Crippen LogP contribution >= 0.6 is 0 Å². The van der Waals surface area contributed by atoms with Gasteiger partial charge in [-0.2, -0.15) is 0 Å². The Morgan fingerprint density at radius 1 is 1.50 bits per heavy atom. The van der Waals surface area contributed by atoms with E-state index in [0.29, 0.717) is 12.1 Å². The van der Waals surface area contributed by atoms with Crippen molar-refractivity contribution in [1.82, 2.24) is 0 Å². The van der Waals surface area contributed by atoms with Crippen molar-refractivity contribution in [1.29, 1.82) is 0 Å². The van der Waals surface area contributed by atoms with E-state index in [1.807, 2.05) is 0 Å². The Hall–Kier alpha value is -0.0800. The molecular formula is C12H25NO. The van der Waals surface area contributed by atoms with E-state index in [1.165, 1.54) is 25.7 Å².